The number of aryl methyl sites for hydroxylation is 1. The number of rotatable bonds is 4. The predicted octanol–water partition coefficient (Wildman–Crippen LogP) is 4.69. The van der Waals surface area contributed by atoms with Crippen LogP contribution < -0.4 is 5.32 Å². The molecule has 24 heavy (non-hydrogen) atoms. The molecule has 1 aliphatic rings. The van der Waals surface area contributed by atoms with Gasteiger partial charge in [-0.1, -0.05) is 13.3 Å². The number of furan rings is 1. The molecule has 1 amide bonds. The maximum absolute atomic E-state index is 12.2. The van der Waals surface area contributed by atoms with Crippen molar-refractivity contribution in [3.05, 3.63) is 45.7 Å². The molecule has 3 rings (SSSR count). The number of nitrogens with zero attached hydrogens (tertiary/aromatic N) is 1. The number of anilines is 1. The minimum atomic E-state index is -0.244. The number of thiophene rings is 1. The summed E-state index contributed by atoms with van der Waals surface area (Å²) < 4.78 is 5.40. The van der Waals surface area contributed by atoms with Crippen molar-refractivity contribution >= 4 is 28.3 Å². The zero-order chi connectivity index (χ0) is 17.1. The van der Waals surface area contributed by atoms with Crippen LogP contribution in [0.25, 0.3) is 6.08 Å². The van der Waals surface area contributed by atoms with Crippen molar-refractivity contribution < 1.29 is 9.21 Å². The van der Waals surface area contributed by atoms with Crippen LogP contribution in [0.15, 0.2) is 22.6 Å². The summed E-state index contributed by atoms with van der Waals surface area (Å²) in [5, 5.41) is 13.0. The SMILES string of the molecule is CCC1CCc2c(sc(NC(=O)C=Cc3ccc(C)o3)c2C#N)C1. The molecule has 0 fully saturated rings. The Balaban J connectivity index is 1.75. The summed E-state index contributed by atoms with van der Waals surface area (Å²) >= 11 is 1.55. The summed E-state index contributed by atoms with van der Waals surface area (Å²) in [7, 11) is 0. The molecule has 124 valence electrons. The van der Waals surface area contributed by atoms with Gasteiger partial charge in [0.2, 0.25) is 5.91 Å². The fraction of sp³-hybridized carbons (Fsp3) is 0.368. The summed E-state index contributed by atoms with van der Waals surface area (Å²) in [6.07, 6.45) is 7.31. The summed E-state index contributed by atoms with van der Waals surface area (Å²) in [5.41, 5.74) is 1.77. The second-order valence-corrected chi connectivity index (χ2v) is 7.21. The highest BCUT2D eigenvalue weighted by Crippen LogP contribution is 2.39. The van der Waals surface area contributed by atoms with Gasteiger partial charge < -0.3 is 9.73 Å². The largest absolute Gasteiger partial charge is 0.462 e. The second kappa shape index (κ2) is 7.06. The summed E-state index contributed by atoms with van der Waals surface area (Å²) in [6.45, 7) is 4.06. The molecule has 0 aromatic carbocycles. The predicted molar refractivity (Wildman–Crippen MR) is 95.9 cm³/mol. The molecule has 0 saturated heterocycles. The molecule has 0 saturated carbocycles. The monoisotopic (exact) mass is 340 g/mol. The highest BCUT2D eigenvalue weighted by molar-refractivity contribution is 7.16. The van der Waals surface area contributed by atoms with Gasteiger partial charge in [-0.15, -0.1) is 11.3 Å². The highest BCUT2D eigenvalue weighted by Gasteiger charge is 2.25. The Bertz CT molecular complexity index is 823. The molecule has 0 aliphatic heterocycles. The lowest BCUT2D eigenvalue weighted by atomic mass is 9.86. The Morgan fingerprint density at radius 3 is 3.04 bits per heavy atom. The van der Waals surface area contributed by atoms with Gasteiger partial charge >= 0.3 is 0 Å². The molecule has 1 unspecified atom stereocenters. The summed E-state index contributed by atoms with van der Waals surface area (Å²) in [6, 6.07) is 5.94. The van der Waals surface area contributed by atoms with Crippen LogP contribution in [0, 0.1) is 24.2 Å². The lowest BCUT2D eigenvalue weighted by Crippen LogP contribution is -2.12. The van der Waals surface area contributed by atoms with Crippen molar-refractivity contribution in [3.8, 4) is 6.07 Å². The van der Waals surface area contributed by atoms with E-state index in [4.69, 9.17) is 4.42 Å². The molecule has 0 radical (unpaired) electrons. The van der Waals surface area contributed by atoms with E-state index in [9.17, 15) is 10.1 Å². The normalized spacial score (nSPS) is 16.8. The van der Waals surface area contributed by atoms with Gasteiger partial charge in [-0.05, 0) is 55.9 Å². The Kier molecular flexibility index (Phi) is 4.86. The van der Waals surface area contributed by atoms with E-state index in [2.05, 4.69) is 18.3 Å². The number of amides is 1. The third-order valence-electron chi connectivity index (χ3n) is 4.45. The lowest BCUT2D eigenvalue weighted by Gasteiger charge is -2.20. The standard InChI is InChI=1S/C19H20N2O2S/c1-3-13-5-8-15-16(11-20)19(24-17(15)10-13)21-18(22)9-7-14-6-4-12(2)23-14/h4,6-7,9,13H,3,5,8,10H2,1-2H3,(H,21,22). The smallest absolute Gasteiger partial charge is 0.249 e. The van der Waals surface area contributed by atoms with Crippen molar-refractivity contribution in [3.63, 3.8) is 0 Å². The van der Waals surface area contributed by atoms with Crippen molar-refractivity contribution in [1.29, 1.82) is 5.26 Å². The van der Waals surface area contributed by atoms with E-state index >= 15 is 0 Å². The van der Waals surface area contributed by atoms with Gasteiger partial charge in [0.05, 0.1) is 5.56 Å². The Hall–Kier alpha value is -2.32. The zero-order valence-corrected chi connectivity index (χ0v) is 14.7. The molecule has 1 aliphatic carbocycles. The number of carbonyl (C=O) groups is 1. The molecule has 2 heterocycles. The van der Waals surface area contributed by atoms with E-state index in [0.717, 1.165) is 37.0 Å². The average Bonchev–Trinajstić information content (AvgIpc) is 3.14. The first-order chi connectivity index (χ1) is 11.6. The molecule has 0 bridgehead atoms. The molecule has 1 N–H and O–H groups in total. The van der Waals surface area contributed by atoms with Gasteiger partial charge in [-0.3, -0.25) is 4.79 Å². The quantitative estimate of drug-likeness (QED) is 0.821. The Morgan fingerprint density at radius 2 is 2.38 bits per heavy atom. The van der Waals surface area contributed by atoms with Crippen LogP contribution in [0.2, 0.25) is 0 Å². The van der Waals surface area contributed by atoms with Crippen LogP contribution in [0.3, 0.4) is 0 Å². The molecule has 5 heteroatoms. The van der Waals surface area contributed by atoms with Crippen molar-refractivity contribution in [2.45, 2.75) is 39.5 Å². The fourth-order valence-electron chi connectivity index (χ4n) is 3.06. The summed E-state index contributed by atoms with van der Waals surface area (Å²) in [5.74, 6) is 1.89. The number of nitrogens with one attached hydrogen (secondary N) is 1. The second-order valence-electron chi connectivity index (χ2n) is 6.11. The van der Waals surface area contributed by atoms with Crippen LogP contribution in [0.1, 0.15) is 47.3 Å². The topological polar surface area (TPSA) is 66.0 Å². The van der Waals surface area contributed by atoms with Gasteiger partial charge in [-0.25, -0.2) is 0 Å². The first-order valence-corrected chi connectivity index (χ1v) is 9.02. The van der Waals surface area contributed by atoms with Gasteiger partial charge in [0.25, 0.3) is 0 Å². The van der Waals surface area contributed by atoms with E-state index in [1.54, 1.807) is 17.4 Å². The van der Waals surface area contributed by atoms with Gasteiger partial charge in [0, 0.05) is 11.0 Å². The zero-order valence-electron chi connectivity index (χ0n) is 13.9. The first kappa shape index (κ1) is 16.5. The highest BCUT2D eigenvalue weighted by atomic mass is 32.1. The van der Waals surface area contributed by atoms with Crippen LogP contribution in [-0.2, 0) is 17.6 Å². The first-order valence-electron chi connectivity index (χ1n) is 8.20. The molecular formula is C19H20N2O2S. The Labute approximate surface area is 145 Å². The number of nitriles is 1. The van der Waals surface area contributed by atoms with Crippen molar-refractivity contribution in [2.24, 2.45) is 5.92 Å². The molecule has 1 atom stereocenters. The number of hydrogen-bond donors (Lipinski definition) is 1. The van der Waals surface area contributed by atoms with E-state index in [1.807, 2.05) is 19.1 Å². The van der Waals surface area contributed by atoms with Crippen LogP contribution in [-0.4, -0.2) is 5.91 Å². The van der Waals surface area contributed by atoms with Gasteiger partial charge in [0.1, 0.15) is 22.6 Å². The summed E-state index contributed by atoms with van der Waals surface area (Å²) in [4.78, 5) is 13.4. The maximum Gasteiger partial charge on any atom is 0.249 e. The van der Waals surface area contributed by atoms with E-state index in [0.29, 0.717) is 22.2 Å². The molecule has 2 aromatic heterocycles. The lowest BCUT2D eigenvalue weighted by molar-refractivity contribution is -0.111. The average molecular weight is 340 g/mol. The Morgan fingerprint density at radius 1 is 1.54 bits per heavy atom. The minimum Gasteiger partial charge on any atom is -0.462 e. The third-order valence-corrected chi connectivity index (χ3v) is 5.62. The van der Waals surface area contributed by atoms with Gasteiger partial charge in [0.15, 0.2) is 0 Å². The number of hydrogen-bond acceptors (Lipinski definition) is 4. The van der Waals surface area contributed by atoms with E-state index in [-0.39, 0.29) is 5.91 Å². The molecule has 2 aromatic rings. The molecule has 4 nitrogen and oxygen atoms in total. The van der Waals surface area contributed by atoms with Gasteiger partial charge in [-0.2, -0.15) is 5.26 Å². The fourth-order valence-corrected chi connectivity index (χ4v) is 4.38. The van der Waals surface area contributed by atoms with Crippen LogP contribution in [0.5, 0.6) is 0 Å². The third kappa shape index (κ3) is 3.44. The maximum atomic E-state index is 12.2. The van der Waals surface area contributed by atoms with Crippen molar-refractivity contribution in [1.82, 2.24) is 0 Å². The number of fused-ring (bicyclic) bond motifs is 1. The van der Waals surface area contributed by atoms with Crippen LogP contribution in [0.4, 0.5) is 5.00 Å². The minimum absolute atomic E-state index is 0.244. The van der Waals surface area contributed by atoms with E-state index < -0.39 is 0 Å². The van der Waals surface area contributed by atoms with E-state index in [1.165, 1.54) is 11.0 Å². The van der Waals surface area contributed by atoms with Crippen molar-refractivity contribution in [2.75, 3.05) is 5.32 Å². The number of carbonyl (C=O) groups excluding carboxylic acids is 1. The molecule has 0 spiro atoms. The molecular weight excluding hydrogens is 320 g/mol. The van der Waals surface area contributed by atoms with Crippen LogP contribution >= 0.6 is 11.3 Å².